The Kier molecular flexibility index (Phi) is 4.78. The van der Waals surface area contributed by atoms with Crippen LogP contribution in [0.25, 0.3) is 0 Å². The molecule has 0 bridgehead atoms. The first kappa shape index (κ1) is 15.0. The SMILES string of the molecule is CC(NC(C)c1ccc(F)c(Br)c1)c1cccc(O)c1. The lowest BCUT2D eigenvalue weighted by molar-refractivity contribution is 0.466. The summed E-state index contributed by atoms with van der Waals surface area (Å²) in [6, 6.07) is 12.3. The van der Waals surface area contributed by atoms with Crippen LogP contribution >= 0.6 is 15.9 Å². The maximum absolute atomic E-state index is 13.2. The molecular weight excluding hydrogens is 321 g/mol. The van der Waals surface area contributed by atoms with E-state index in [4.69, 9.17) is 0 Å². The van der Waals surface area contributed by atoms with E-state index < -0.39 is 0 Å². The third kappa shape index (κ3) is 3.58. The molecule has 0 aliphatic heterocycles. The van der Waals surface area contributed by atoms with Crippen molar-refractivity contribution in [3.8, 4) is 5.75 Å². The Morgan fingerprint density at radius 3 is 2.30 bits per heavy atom. The first-order valence-corrected chi connectivity index (χ1v) is 7.26. The lowest BCUT2D eigenvalue weighted by Crippen LogP contribution is -2.22. The van der Waals surface area contributed by atoms with Crippen molar-refractivity contribution >= 4 is 15.9 Å². The number of halogens is 2. The lowest BCUT2D eigenvalue weighted by atomic mass is 10.0. The molecule has 0 fully saturated rings. The van der Waals surface area contributed by atoms with Gasteiger partial charge in [0.15, 0.2) is 0 Å². The van der Waals surface area contributed by atoms with Gasteiger partial charge in [0, 0.05) is 12.1 Å². The van der Waals surface area contributed by atoms with E-state index in [0.29, 0.717) is 4.47 Å². The molecule has 0 radical (unpaired) electrons. The zero-order valence-electron chi connectivity index (χ0n) is 11.4. The molecule has 0 heterocycles. The highest BCUT2D eigenvalue weighted by molar-refractivity contribution is 9.10. The summed E-state index contributed by atoms with van der Waals surface area (Å²) in [5, 5.41) is 12.9. The van der Waals surface area contributed by atoms with Crippen LogP contribution in [0.4, 0.5) is 4.39 Å². The summed E-state index contributed by atoms with van der Waals surface area (Å²) in [5.74, 6) is -0.00434. The summed E-state index contributed by atoms with van der Waals surface area (Å²) in [5.41, 5.74) is 2.02. The molecule has 2 nitrogen and oxygen atoms in total. The molecule has 20 heavy (non-hydrogen) atoms. The highest BCUT2D eigenvalue weighted by atomic mass is 79.9. The second-order valence-corrected chi connectivity index (χ2v) is 5.73. The van der Waals surface area contributed by atoms with Gasteiger partial charge in [0.2, 0.25) is 0 Å². The second kappa shape index (κ2) is 6.37. The molecule has 4 heteroatoms. The summed E-state index contributed by atoms with van der Waals surface area (Å²) >= 11 is 3.20. The standard InChI is InChI=1S/C16H17BrFNO/c1-10(12-4-3-5-14(20)8-12)19-11(2)13-6-7-16(18)15(17)9-13/h3-11,19-20H,1-2H3. The van der Waals surface area contributed by atoms with E-state index in [2.05, 4.69) is 21.2 Å². The Labute approximate surface area is 126 Å². The molecule has 2 N–H and O–H groups in total. The Morgan fingerprint density at radius 1 is 1.05 bits per heavy atom. The van der Waals surface area contributed by atoms with E-state index in [1.807, 2.05) is 26.0 Å². The summed E-state index contributed by atoms with van der Waals surface area (Å²) in [6.07, 6.45) is 0. The van der Waals surface area contributed by atoms with Crippen molar-refractivity contribution in [3.63, 3.8) is 0 Å². The van der Waals surface area contributed by atoms with Gasteiger partial charge in [0.05, 0.1) is 4.47 Å². The summed E-state index contributed by atoms with van der Waals surface area (Å²) in [6.45, 7) is 4.06. The third-order valence-electron chi connectivity index (χ3n) is 3.31. The molecule has 2 rings (SSSR count). The number of aromatic hydroxyl groups is 1. The first-order chi connectivity index (χ1) is 9.47. The van der Waals surface area contributed by atoms with Crippen LogP contribution in [0.15, 0.2) is 46.9 Å². The molecule has 2 aromatic carbocycles. The highest BCUT2D eigenvalue weighted by Gasteiger charge is 2.12. The van der Waals surface area contributed by atoms with Gasteiger partial charge in [-0.05, 0) is 65.2 Å². The van der Waals surface area contributed by atoms with Gasteiger partial charge in [-0.25, -0.2) is 4.39 Å². The topological polar surface area (TPSA) is 32.3 Å². The van der Waals surface area contributed by atoms with Crippen molar-refractivity contribution in [2.45, 2.75) is 25.9 Å². The molecule has 2 unspecified atom stereocenters. The molecular formula is C16H17BrFNO. The number of benzene rings is 2. The molecule has 0 saturated carbocycles. The number of phenols is 1. The van der Waals surface area contributed by atoms with Crippen LogP contribution in [-0.4, -0.2) is 5.11 Å². The zero-order valence-corrected chi connectivity index (χ0v) is 13.0. The smallest absolute Gasteiger partial charge is 0.137 e. The van der Waals surface area contributed by atoms with Crippen LogP contribution < -0.4 is 5.32 Å². The molecule has 106 valence electrons. The number of phenolic OH excluding ortho intramolecular Hbond substituents is 1. The molecule has 0 amide bonds. The van der Waals surface area contributed by atoms with E-state index in [1.165, 1.54) is 6.07 Å². The largest absolute Gasteiger partial charge is 0.508 e. The van der Waals surface area contributed by atoms with Gasteiger partial charge in [-0.15, -0.1) is 0 Å². The Hall–Kier alpha value is -1.39. The minimum atomic E-state index is -0.262. The van der Waals surface area contributed by atoms with Crippen molar-refractivity contribution in [2.75, 3.05) is 0 Å². The van der Waals surface area contributed by atoms with E-state index in [1.54, 1.807) is 24.3 Å². The van der Waals surface area contributed by atoms with Gasteiger partial charge in [0.1, 0.15) is 11.6 Å². The van der Waals surface area contributed by atoms with Crippen molar-refractivity contribution in [1.29, 1.82) is 0 Å². The van der Waals surface area contributed by atoms with Gasteiger partial charge >= 0.3 is 0 Å². The van der Waals surface area contributed by atoms with Crippen molar-refractivity contribution in [3.05, 3.63) is 63.9 Å². The average Bonchev–Trinajstić information content (AvgIpc) is 2.41. The van der Waals surface area contributed by atoms with E-state index >= 15 is 0 Å². The second-order valence-electron chi connectivity index (χ2n) is 4.88. The molecule has 0 aromatic heterocycles. The molecule has 0 aliphatic rings. The molecule has 2 atom stereocenters. The van der Waals surface area contributed by atoms with Crippen molar-refractivity contribution in [1.82, 2.24) is 5.32 Å². The predicted molar refractivity (Wildman–Crippen MR) is 82.2 cm³/mol. The fourth-order valence-corrected chi connectivity index (χ4v) is 2.54. The highest BCUT2D eigenvalue weighted by Crippen LogP contribution is 2.24. The maximum atomic E-state index is 13.2. The van der Waals surface area contributed by atoms with E-state index in [9.17, 15) is 9.50 Å². The molecule has 2 aromatic rings. The zero-order chi connectivity index (χ0) is 14.7. The fourth-order valence-electron chi connectivity index (χ4n) is 2.14. The maximum Gasteiger partial charge on any atom is 0.137 e. The van der Waals surface area contributed by atoms with Gasteiger partial charge in [-0.2, -0.15) is 0 Å². The van der Waals surface area contributed by atoms with Crippen LogP contribution in [0, 0.1) is 5.82 Å². The van der Waals surface area contributed by atoms with E-state index in [0.717, 1.165) is 11.1 Å². The van der Waals surface area contributed by atoms with Crippen LogP contribution in [0.1, 0.15) is 37.1 Å². The van der Waals surface area contributed by atoms with Crippen molar-refractivity contribution < 1.29 is 9.50 Å². The summed E-state index contributed by atoms with van der Waals surface area (Å²) < 4.78 is 13.7. The van der Waals surface area contributed by atoms with Crippen LogP contribution in [0.2, 0.25) is 0 Å². The van der Waals surface area contributed by atoms with Crippen LogP contribution in [-0.2, 0) is 0 Å². The van der Waals surface area contributed by atoms with Gasteiger partial charge in [-0.3, -0.25) is 0 Å². The molecule has 0 spiro atoms. The van der Waals surface area contributed by atoms with Gasteiger partial charge < -0.3 is 10.4 Å². The summed E-state index contributed by atoms with van der Waals surface area (Å²) in [4.78, 5) is 0. The first-order valence-electron chi connectivity index (χ1n) is 6.47. The van der Waals surface area contributed by atoms with Crippen LogP contribution in [0.3, 0.4) is 0 Å². The average molecular weight is 338 g/mol. The number of rotatable bonds is 4. The van der Waals surface area contributed by atoms with Crippen LogP contribution in [0.5, 0.6) is 5.75 Å². The molecule has 0 aliphatic carbocycles. The Bertz CT molecular complexity index is 603. The number of hydrogen-bond acceptors (Lipinski definition) is 2. The quantitative estimate of drug-likeness (QED) is 0.847. The minimum absolute atomic E-state index is 0.0734. The van der Waals surface area contributed by atoms with E-state index in [-0.39, 0.29) is 23.7 Å². The van der Waals surface area contributed by atoms with Gasteiger partial charge in [-0.1, -0.05) is 18.2 Å². The Balaban J connectivity index is 2.10. The normalized spacial score (nSPS) is 14.0. The third-order valence-corrected chi connectivity index (χ3v) is 3.92. The minimum Gasteiger partial charge on any atom is -0.508 e. The number of hydrogen-bond donors (Lipinski definition) is 2. The monoisotopic (exact) mass is 337 g/mol. The fraction of sp³-hybridized carbons (Fsp3) is 0.250. The Morgan fingerprint density at radius 2 is 1.70 bits per heavy atom. The summed E-state index contributed by atoms with van der Waals surface area (Å²) in [7, 11) is 0. The predicted octanol–water partition coefficient (Wildman–Crippen LogP) is 4.71. The number of nitrogens with one attached hydrogen (secondary N) is 1. The lowest BCUT2D eigenvalue weighted by Gasteiger charge is -2.21. The molecule has 0 saturated heterocycles. The van der Waals surface area contributed by atoms with Gasteiger partial charge in [0.25, 0.3) is 0 Å². The van der Waals surface area contributed by atoms with Crippen molar-refractivity contribution in [2.24, 2.45) is 0 Å².